The van der Waals surface area contributed by atoms with Crippen LogP contribution in [0.15, 0.2) is 24.3 Å². The molecule has 6 heteroatoms. The highest BCUT2D eigenvalue weighted by Gasteiger charge is 2.22. The molecule has 1 aromatic rings. The number of amides is 2. The number of hydrogen-bond acceptors (Lipinski definition) is 3. The summed E-state index contributed by atoms with van der Waals surface area (Å²) in [4.78, 5) is 24.7. The van der Waals surface area contributed by atoms with E-state index in [0.29, 0.717) is 11.3 Å². The van der Waals surface area contributed by atoms with E-state index >= 15 is 0 Å². The van der Waals surface area contributed by atoms with Crippen LogP contribution >= 0.6 is 12.2 Å². The van der Waals surface area contributed by atoms with Gasteiger partial charge in [0.15, 0.2) is 5.11 Å². The highest BCUT2D eigenvalue weighted by Crippen LogP contribution is 2.23. The molecule has 1 unspecified atom stereocenters. The van der Waals surface area contributed by atoms with Crippen LogP contribution in [-0.4, -0.2) is 23.0 Å². The summed E-state index contributed by atoms with van der Waals surface area (Å²) in [5.41, 5.74) is 1.11. The van der Waals surface area contributed by atoms with Crippen LogP contribution in [0.1, 0.15) is 62.7 Å². The summed E-state index contributed by atoms with van der Waals surface area (Å²) in [6.07, 6.45) is 6.08. The number of nitrogens with one attached hydrogen (secondary N) is 3. The number of benzene rings is 1. The van der Waals surface area contributed by atoms with Crippen molar-refractivity contribution in [1.82, 2.24) is 10.6 Å². The maximum absolute atomic E-state index is 12.4. The molecule has 25 heavy (non-hydrogen) atoms. The van der Waals surface area contributed by atoms with E-state index in [1.165, 1.54) is 6.42 Å². The fraction of sp³-hybridized carbons (Fsp3) is 0.526. The minimum Gasteiger partial charge on any atom is -0.350 e. The Kier molecular flexibility index (Phi) is 7.37. The number of rotatable bonds is 5. The quantitative estimate of drug-likeness (QED) is 0.701. The van der Waals surface area contributed by atoms with Crippen LogP contribution in [0.25, 0.3) is 0 Å². The molecule has 2 rings (SSSR count). The molecule has 1 aliphatic carbocycles. The number of hydrogen-bond donors (Lipinski definition) is 3. The molecule has 0 aromatic heterocycles. The molecule has 0 aliphatic heterocycles. The zero-order valence-corrected chi connectivity index (χ0v) is 15.7. The highest BCUT2D eigenvalue weighted by atomic mass is 32.1. The molecule has 1 saturated carbocycles. The van der Waals surface area contributed by atoms with Crippen molar-refractivity contribution in [2.75, 3.05) is 5.32 Å². The summed E-state index contributed by atoms with van der Waals surface area (Å²) in [7, 11) is 0. The van der Waals surface area contributed by atoms with E-state index in [-0.39, 0.29) is 28.9 Å². The molecule has 5 nitrogen and oxygen atoms in total. The SMILES string of the molecule is CCC(C)NC(=O)c1ccccc1NC(=S)NC(=O)C1CCCCC1. The van der Waals surface area contributed by atoms with Gasteiger partial charge in [-0.2, -0.15) is 0 Å². The Morgan fingerprint density at radius 2 is 1.88 bits per heavy atom. The molecule has 3 N–H and O–H groups in total. The van der Waals surface area contributed by atoms with E-state index in [1.54, 1.807) is 18.2 Å². The molecule has 136 valence electrons. The standard InChI is InChI=1S/C19H27N3O2S/c1-3-13(2)20-18(24)15-11-7-8-12-16(15)21-19(25)22-17(23)14-9-5-4-6-10-14/h7-8,11-14H,3-6,9-10H2,1-2H3,(H,20,24)(H2,21,22,23,25). The van der Waals surface area contributed by atoms with Gasteiger partial charge in [0.25, 0.3) is 5.91 Å². The van der Waals surface area contributed by atoms with Gasteiger partial charge in [-0.3, -0.25) is 9.59 Å². The van der Waals surface area contributed by atoms with Crippen LogP contribution in [0, 0.1) is 5.92 Å². The average molecular weight is 362 g/mol. The molecule has 1 fully saturated rings. The van der Waals surface area contributed by atoms with Crippen LogP contribution in [0.3, 0.4) is 0 Å². The van der Waals surface area contributed by atoms with Crippen molar-refractivity contribution in [3.05, 3.63) is 29.8 Å². The van der Waals surface area contributed by atoms with Crippen molar-refractivity contribution in [1.29, 1.82) is 0 Å². The lowest BCUT2D eigenvalue weighted by atomic mass is 9.89. The Bertz CT molecular complexity index is 627. The first kappa shape index (κ1) is 19.4. The zero-order valence-electron chi connectivity index (χ0n) is 14.9. The lowest BCUT2D eigenvalue weighted by Crippen LogP contribution is -2.39. The fourth-order valence-electron chi connectivity index (χ4n) is 2.93. The Morgan fingerprint density at radius 3 is 2.56 bits per heavy atom. The molecular formula is C19H27N3O2S. The van der Waals surface area contributed by atoms with Gasteiger partial charge in [0.05, 0.1) is 11.3 Å². The Morgan fingerprint density at radius 1 is 1.20 bits per heavy atom. The van der Waals surface area contributed by atoms with Gasteiger partial charge in [0, 0.05) is 12.0 Å². The van der Waals surface area contributed by atoms with Gasteiger partial charge in [-0.15, -0.1) is 0 Å². The van der Waals surface area contributed by atoms with Crippen molar-refractivity contribution in [2.45, 2.75) is 58.4 Å². The average Bonchev–Trinajstić information content (AvgIpc) is 2.62. The molecule has 1 aromatic carbocycles. The van der Waals surface area contributed by atoms with Gasteiger partial charge in [0.2, 0.25) is 5.91 Å². The first-order valence-corrected chi connectivity index (χ1v) is 9.43. The smallest absolute Gasteiger partial charge is 0.253 e. The summed E-state index contributed by atoms with van der Waals surface area (Å²) in [5, 5.41) is 8.94. The number of anilines is 1. The topological polar surface area (TPSA) is 70.2 Å². The molecule has 0 heterocycles. The van der Waals surface area contributed by atoms with Gasteiger partial charge in [-0.25, -0.2) is 0 Å². The van der Waals surface area contributed by atoms with Crippen LogP contribution in [0.5, 0.6) is 0 Å². The van der Waals surface area contributed by atoms with E-state index < -0.39 is 0 Å². The molecule has 1 atom stereocenters. The molecule has 0 spiro atoms. The Hall–Kier alpha value is -1.95. The second-order valence-electron chi connectivity index (χ2n) is 6.61. The van der Waals surface area contributed by atoms with E-state index in [2.05, 4.69) is 16.0 Å². The Labute approximate surface area is 155 Å². The monoisotopic (exact) mass is 361 g/mol. The van der Waals surface area contributed by atoms with Crippen LogP contribution in [0.4, 0.5) is 5.69 Å². The second kappa shape index (κ2) is 9.51. The van der Waals surface area contributed by atoms with Crippen LogP contribution in [0.2, 0.25) is 0 Å². The molecule has 0 radical (unpaired) electrons. The first-order valence-electron chi connectivity index (χ1n) is 9.03. The predicted molar refractivity (Wildman–Crippen MR) is 105 cm³/mol. The minimum atomic E-state index is -0.154. The van der Waals surface area contributed by atoms with Gasteiger partial charge >= 0.3 is 0 Å². The third-order valence-corrected chi connectivity index (χ3v) is 4.83. The predicted octanol–water partition coefficient (Wildman–Crippen LogP) is 3.61. The third-order valence-electron chi connectivity index (χ3n) is 4.62. The lowest BCUT2D eigenvalue weighted by molar-refractivity contribution is -0.124. The van der Waals surface area contributed by atoms with Crippen LogP contribution in [-0.2, 0) is 4.79 Å². The van der Waals surface area contributed by atoms with Gasteiger partial charge in [-0.05, 0) is 50.5 Å². The molecule has 0 bridgehead atoms. The largest absolute Gasteiger partial charge is 0.350 e. The summed E-state index contributed by atoms with van der Waals surface area (Å²) < 4.78 is 0. The van der Waals surface area contributed by atoms with E-state index in [4.69, 9.17) is 12.2 Å². The number of carbonyl (C=O) groups is 2. The molecule has 1 aliphatic rings. The summed E-state index contributed by atoms with van der Waals surface area (Å²) in [6.45, 7) is 3.98. The van der Waals surface area contributed by atoms with E-state index in [1.807, 2.05) is 19.9 Å². The van der Waals surface area contributed by atoms with Gasteiger partial charge < -0.3 is 16.0 Å². The van der Waals surface area contributed by atoms with Crippen molar-refractivity contribution in [3.8, 4) is 0 Å². The number of carbonyl (C=O) groups excluding carboxylic acids is 2. The number of para-hydroxylation sites is 1. The Balaban J connectivity index is 1.98. The maximum Gasteiger partial charge on any atom is 0.253 e. The molecule has 2 amide bonds. The van der Waals surface area contributed by atoms with E-state index in [9.17, 15) is 9.59 Å². The second-order valence-corrected chi connectivity index (χ2v) is 7.01. The molecular weight excluding hydrogens is 334 g/mol. The van der Waals surface area contributed by atoms with Crippen molar-refractivity contribution in [3.63, 3.8) is 0 Å². The zero-order chi connectivity index (χ0) is 18.2. The first-order chi connectivity index (χ1) is 12.0. The van der Waals surface area contributed by atoms with Crippen molar-refractivity contribution >= 4 is 34.8 Å². The third kappa shape index (κ3) is 5.81. The van der Waals surface area contributed by atoms with Gasteiger partial charge in [-0.1, -0.05) is 38.3 Å². The highest BCUT2D eigenvalue weighted by molar-refractivity contribution is 7.80. The normalized spacial score (nSPS) is 15.9. The fourth-order valence-corrected chi connectivity index (χ4v) is 3.14. The maximum atomic E-state index is 12.4. The van der Waals surface area contributed by atoms with Crippen LogP contribution < -0.4 is 16.0 Å². The van der Waals surface area contributed by atoms with Crippen molar-refractivity contribution < 1.29 is 9.59 Å². The van der Waals surface area contributed by atoms with Crippen molar-refractivity contribution in [2.24, 2.45) is 5.92 Å². The van der Waals surface area contributed by atoms with Gasteiger partial charge in [0.1, 0.15) is 0 Å². The minimum absolute atomic E-state index is 0.0289. The number of thiocarbonyl (C=S) groups is 1. The summed E-state index contributed by atoms with van der Waals surface area (Å²) >= 11 is 5.26. The molecule has 0 saturated heterocycles. The summed E-state index contributed by atoms with van der Waals surface area (Å²) in [6, 6.07) is 7.25. The summed E-state index contributed by atoms with van der Waals surface area (Å²) in [5.74, 6) is -0.143. The lowest BCUT2D eigenvalue weighted by Gasteiger charge is -2.21. The van der Waals surface area contributed by atoms with E-state index in [0.717, 1.165) is 32.1 Å².